The highest BCUT2D eigenvalue weighted by Crippen LogP contribution is 2.30. The van der Waals surface area contributed by atoms with Crippen LogP contribution in [0.15, 0.2) is 21.9 Å². The minimum Gasteiger partial charge on any atom is -0.235 e. The second-order valence-corrected chi connectivity index (χ2v) is 6.63. The summed E-state index contributed by atoms with van der Waals surface area (Å²) < 4.78 is 1.99. The van der Waals surface area contributed by atoms with Crippen LogP contribution in [0.5, 0.6) is 0 Å². The number of halogens is 1. The Labute approximate surface area is 100 Å². The molecule has 0 atom stereocenters. The van der Waals surface area contributed by atoms with E-state index in [1.54, 1.807) is 34.4 Å². The molecule has 2 aromatic rings. The van der Waals surface area contributed by atoms with E-state index >= 15 is 0 Å². The summed E-state index contributed by atoms with van der Waals surface area (Å²) in [5.74, 6) is 0.963. The normalized spacial score (nSPS) is 10.7. The zero-order valence-corrected chi connectivity index (χ0v) is 10.7. The van der Waals surface area contributed by atoms with Gasteiger partial charge >= 0.3 is 0 Å². The Kier molecular flexibility index (Phi) is 3.49. The van der Waals surface area contributed by atoms with Crippen molar-refractivity contribution >= 4 is 46.0 Å². The smallest absolute Gasteiger partial charge is 0.150 e. The monoisotopic (exact) mass is 261 g/mol. The first-order chi connectivity index (χ1) is 6.74. The average molecular weight is 262 g/mol. The summed E-state index contributed by atoms with van der Waals surface area (Å²) in [5.41, 5.74) is 1.10. The third kappa shape index (κ3) is 2.73. The Morgan fingerprint density at radius 2 is 2.36 bits per heavy atom. The number of hydrogen-bond acceptors (Lipinski definition) is 4. The predicted molar refractivity (Wildman–Crippen MR) is 65.7 cm³/mol. The average Bonchev–Trinajstić information content (AvgIpc) is 2.72. The third-order valence-corrected chi connectivity index (χ3v) is 5.17. The van der Waals surface area contributed by atoms with Crippen LogP contribution in [0.25, 0.3) is 0 Å². The van der Waals surface area contributed by atoms with E-state index < -0.39 is 0 Å². The van der Waals surface area contributed by atoms with Crippen molar-refractivity contribution in [3.8, 4) is 0 Å². The molecule has 0 spiro atoms. The SMILES string of the molecule is Cc1csc(SCc2ccc(Cl)s2)n1. The van der Waals surface area contributed by atoms with E-state index in [1.807, 2.05) is 13.0 Å². The maximum Gasteiger partial charge on any atom is 0.150 e. The number of thioether (sulfide) groups is 1. The first-order valence-electron chi connectivity index (χ1n) is 4.03. The highest BCUT2D eigenvalue weighted by atomic mass is 35.5. The molecule has 0 unspecified atom stereocenters. The standard InChI is InChI=1S/C9H8ClNS3/c1-6-4-12-9(11-6)13-5-7-2-3-8(10)14-7/h2-4H,5H2,1H3. The van der Waals surface area contributed by atoms with Crippen molar-refractivity contribution in [3.63, 3.8) is 0 Å². The van der Waals surface area contributed by atoms with Crippen molar-refractivity contribution in [2.45, 2.75) is 17.0 Å². The number of thiophene rings is 1. The largest absolute Gasteiger partial charge is 0.235 e. The zero-order chi connectivity index (χ0) is 9.97. The lowest BCUT2D eigenvalue weighted by molar-refractivity contribution is 1.16. The molecule has 1 nitrogen and oxygen atoms in total. The molecule has 0 aromatic carbocycles. The summed E-state index contributed by atoms with van der Waals surface area (Å²) in [6.07, 6.45) is 0. The number of rotatable bonds is 3. The molecule has 0 fully saturated rings. The Hall–Kier alpha value is -0.0300. The number of aromatic nitrogens is 1. The Morgan fingerprint density at radius 3 is 2.93 bits per heavy atom. The Balaban J connectivity index is 1.94. The quantitative estimate of drug-likeness (QED) is 0.757. The molecule has 0 N–H and O–H groups in total. The van der Waals surface area contributed by atoms with Crippen LogP contribution in [-0.4, -0.2) is 4.98 Å². The second kappa shape index (κ2) is 4.66. The number of nitrogens with zero attached hydrogens (tertiary/aromatic N) is 1. The van der Waals surface area contributed by atoms with Gasteiger partial charge in [-0.25, -0.2) is 4.98 Å². The van der Waals surface area contributed by atoms with Crippen molar-refractivity contribution in [1.29, 1.82) is 0 Å². The molecule has 0 aliphatic heterocycles. The fourth-order valence-electron chi connectivity index (χ4n) is 0.961. The first kappa shape index (κ1) is 10.5. The van der Waals surface area contributed by atoms with Gasteiger partial charge in [-0.05, 0) is 19.1 Å². The number of hydrogen-bond donors (Lipinski definition) is 0. The summed E-state index contributed by atoms with van der Waals surface area (Å²) in [5, 5.41) is 2.07. The van der Waals surface area contributed by atoms with Gasteiger partial charge in [-0.1, -0.05) is 23.4 Å². The van der Waals surface area contributed by atoms with E-state index in [2.05, 4.69) is 16.4 Å². The van der Waals surface area contributed by atoms with Crippen molar-refractivity contribution in [1.82, 2.24) is 4.98 Å². The van der Waals surface area contributed by atoms with E-state index in [4.69, 9.17) is 11.6 Å². The molecule has 14 heavy (non-hydrogen) atoms. The van der Waals surface area contributed by atoms with Gasteiger partial charge in [-0.3, -0.25) is 0 Å². The molecule has 0 aliphatic rings. The lowest BCUT2D eigenvalue weighted by atomic mass is 10.5. The second-order valence-electron chi connectivity index (χ2n) is 2.75. The highest BCUT2D eigenvalue weighted by molar-refractivity contribution is 8.00. The van der Waals surface area contributed by atoms with Gasteiger partial charge in [0.05, 0.1) is 4.34 Å². The van der Waals surface area contributed by atoms with E-state index in [0.717, 1.165) is 20.1 Å². The van der Waals surface area contributed by atoms with Crippen LogP contribution in [0.2, 0.25) is 4.34 Å². The molecular formula is C9H8ClNS3. The van der Waals surface area contributed by atoms with Crippen molar-refractivity contribution in [2.24, 2.45) is 0 Å². The molecule has 5 heteroatoms. The van der Waals surface area contributed by atoms with Crippen LogP contribution in [0.3, 0.4) is 0 Å². The summed E-state index contributed by atoms with van der Waals surface area (Å²) in [4.78, 5) is 5.68. The predicted octanol–water partition coefficient (Wildman–Crippen LogP) is 4.46. The molecule has 0 amide bonds. The van der Waals surface area contributed by atoms with Gasteiger partial charge in [-0.15, -0.1) is 22.7 Å². The molecule has 0 bridgehead atoms. The fourth-order valence-corrected chi connectivity index (χ4v) is 3.94. The van der Waals surface area contributed by atoms with Crippen molar-refractivity contribution in [2.75, 3.05) is 0 Å². The molecule has 0 radical (unpaired) electrons. The topological polar surface area (TPSA) is 12.9 Å². The summed E-state index contributed by atoms with van der Waals surface area (Å²) in [7, 11) is 0. The van der Waals surface area contributed by atoms with E-state index in [-0.39, 0.29) is 0 Å². The fraction of sp³-hybridized carbons (Fsp3) is 0.222. The van der Waals surface area contributed by atoms with Gasteiger partial charge in [0.1, 0.15) is 4.34 Å². The van der Waals surface area contributed by atoms with Crippen molar-refractivity contribution < 1.29 is 0 Å². The lowest BCUT2D eigenvalue weighted by Gasteiger charge is -1.92. The van der Waals surface area contributed by atoms with Crippen LogP contribution < -0.4 is 0 Å². The van der Waals surface area contributed by atoms with Gasteiger partial charge < -0.3 is 0 Å². The van der Waals surface area contributed by atoms with Gasteiger partial charge in [0.15, 0.2) is 0 Å². The summed E-state index contributed by atoms with van der Waals surface area (Å²) >= 11 is 10.9. The third-order valence-electron chi connectivity index (χ3n) is 1.56. The minimum absolute atomic E-state index is 0.857. The highest BCUT2D eigenvalue weighted by Gasteiger charge is 2.02. The molecule has 74 valence electrons. The van der Waals surface area contributed by atoms with E-state index in [9.17, 15) is 0 Å². The van der Waals surface area contributed by atoms with E-state index in [0.29, 0.717) is 0 Å². The Bertz CT molecular complexity index is 381. The van der Waals surface area contributed by atoms with E-state index in [1.165, 1.54) is 4.88 Å². The van der Waals surface area contributed by atoms with Gasteiger partial charge in [-0.2, -0.15) is 0 Å². The van der Waals surface area contributed by atoms with Gasteiger partial charge in [0.25, 0.3) is 0 Å². The molecule has 0 saturated heterocycles. The minimum atomic E-state index is 0.857. The molecular weight excluding hydrogens is 254 g/mol. The molecule has 0 saturated carbocycles. The maximum atomic E-state index is 5.84. The Morgan fingerprint density at radius 1 is 1.50 bits per heavy atom. The van der Waals surface area contributed by atoms with Gasteiger partial charge in [0.2, 0.25) is 0 Å². The van der Waals surface area contributed by atoms with Gasteiger partial charge in [0, 0.05) is 21.7 Å². The lowest BCUT2D eigenvalue weighted by Crippen LogP contribution is -1.73. The first-order valence-corrected chi connectivity index (χ1v) is 7.09. The number of aryl methyl sites for hydroxylation is 1. The van der Waals surface area contributed by atoms with Crippen LogP contribution in [0.4, 0.5) is 0 Å². The maximum absolute atomic E-state index is 5.84. The summed E-state index contributed by atoms with van der Waals surface area (Å²) in [6, 6.07) is 4.01. The van der Waals surface area contributed by atoms with Crippen LogP contribution >= 0.6 is 46.0 Å². The molecule has 0 aliphatic carbocycles. The summed E-state index contributed by atoms with van der Waals surface area (Å²) in [6.45, 7) is 2.02. The van der Waals surface area contributed by atoms with Crippen LogP contribution in [0.1, 0.15) is 10.6 Å². The number of thiazole rings is 1. The molecule has 2 aromatic heterocycles. The van der Waals surface area contributed by atoms with Crippen LogP contribution in [0, 0.1) is 6.92 Å². The zero-order valence-electron chi connectivity index (χ0n) is 7.49. The molecule has 2 heterocycles. The molecule has 2 rings (SSSR count). The van der Waals surface area contributed by atoms with Crippen LogP contribution in [-0.2, 0) is 5.75 Å². The van der Waals surface area contributed by atoms with Crippen molar-refractivity contribution in [3.05, 3.63) is 32.4 Å².